The minimum absolute atomic E-state index is 0.0989. The molecule has 1 aromatic carbocycles. The van der Waals surface area contributed by atoms with Crippen molar-refractivity contribution in [2.24, 2.45) is 5.92 Å². The van der Waals surface area contributed by atoms with Crippen LogP contribution in [-0.2, 0) is 11.3 Å². The molecule has 2 aliphatic rings. The predicted molar refractivity (Wildman–Crippen MR) is 127 cm³/mol. The number of carbonyl (C=O) groups excluding carboxylic acids is 1. The molecule has 1 aromatic heterocycles. The first kappa shape index (κ1) is 22.7. The Bertz CT molecular complexity index is 891. The van der Waals surface area contributed by atoms with Crippen LogP contribution in [0.5, 0.6) is 0 Å². The van der Waals surface area contributed by atoms with Gasteiger partial charge in [-0.1, -0.05) is 12.8 Å². The number of furan rings is 1. The van der Waals surface area contributed by atoms with Crippen LogP contribution in [0.3, 0.4) is 0 Å². The lowest BCUT2D eigenvalue weighted by molar-refractivity contribution is -0.139. The Kier molecular flexibility index (Phi) is 7.42. The van der Waals surface area contributed by atoms with E-state index < -0.39 is 0 Å². The highest BCUT2D eigenvalue weighted by Gasteiger charge is 2.38. The number of amides is 1. The SMILES string of the molecule is CN(Cc1ccco1)C(=O)C(C1CCCC1)N1CCN(C(=S)Nc2ccc(F)cc2)CC1. The summed E-state index contributed by atoms with van der Waals surface area (Å²) < 4.78 is 18.6. The summed E-state index contributed by atoms with van der Waals surface area (Å²) in [5.74, 6) is 1.11. The van der Waals surface area contributed by atoms with Gasteiger partial charge in [0.25, 0.3) is 0 Å². The van der Waals surface area contributed by atoms with Crippen LogP contribution in [0.1, 0.15) is 31.4 Å². The maximum Gasteiger partial charge on any atom is 0.240 e. The van der Waals surface area contributed by atoms with Crippen LogP contribution in [-0.4, -0.2) is 65.0 Å². The monoisotopic (exact) mass is 458 g/mol. The van der Waals surface area contributed by atoms with Crippen LogP contribution < -0.4 is 5.32 Å². The zero-order valence-corrected chi connectivity index (χ0v) is 19.3. The number of hydrogen-bond acceptors (Lipinski definition) is 4. The fraction of sp³-hybridized carbons (Fsp3) is 0.500. The lowest BCUT2D eigenvalue weighted by Gasteiger charge is -2.42. The van der Waals surface area contributed by atoms with Crippen LogP contribution in [0.25, 0.3) is 0 Å². The van der Waals surface area contributed by atoms with Gasteiger partial charge in [-0.3, -0.25) is 9.69 Å². The number of thiocarbonyl (C=S) groups is 1. The highest BCUT2D eigenvalue weighted by Crippen LogP contribution is 2.32. The van der Waals surface area contributed by atoms with E-state index in [1.54, 1.807) is 23.3 Å². The zero-order chi connectivity index (χ0) is 22.5. The Morgan fingerprint density at radius 3 is 2.50 bits per heavy atom. The van der Waals surface area contributed by atoms with E-state index in [0.717, 1.165) is 50.5 Å². The molecule has 1 saturated heterocycles. The van der Waals surface area contributed by atoms with E-state index in [-0.39, 0.29) is 17.8 Å². The van der Waals surface area contributed by atoms with Crippen molar-refractivity contribution in [3.05, 3.63) is 54.2 Å². The van der Waals surface area contributed by atoms with Gasteiger partial charge in [0.05, 0.1) is 18.8 Å². The second-order valence-corrected chi connectivity index (χ2v) is 9.11. The summed E-state index contributed by atoms with van der Waals surface area (Å²) in [6.45, 7) is 3.57. The summed E-state index contributed by atoms with van der Waals surface area (Å²) in [5.41, 5.74) is 0.775. The number of piperazine rings is 1. The molecule has 1 atom stereocenters. The van der Waals surface area contributed by atoms with Gasteiger partial charge in [0.2, 0.25) is 5.91 Å². The van der Waals surface area contributed by atoms with Crippen molar-refractivity contribution < 1.29 is 13.6 Å². The molecule has 2 aromatic rings. The molecule has 2 heterocycles. The van der Waals surface area contributed by atoms with Crippen molar-refractivity contribution in [2.75, 3.05) is 38.5 Å². The number of likely N-dealkylation sites (N-methyl/N-ethyl adjacent to an activating group) is 1. The van der Waals surface area contributed by atoms with Crippen molar-refractivity contribution in [3.8, 4) is 0 Å². The summed E-state index contributed by atoms with van der Waals surface area (Å²) in [4.78, 5) is 19.8. The van der Waals surface area contributed by atoms with Crippen molar-refractivity contribution in [3.63, 3.8) is 0 Å². The van der Waals surface area contributed by atoms with Crippen molar-refractivity contribution in [1.82, 2.24) is 14.7 Å². The molecule has 0 radical (unpaired) electrons. The average Bonchev–Trinajstić information content (AvgIpc) is 3.50. The highest BCUT2D eigenvalue weighted by molar-refractivity contribution is 7.80. The molecule has 1 N–H and O–H groups in total. The summed E-state index contributed by atoms with van der Waals surface area (Å²) in [7, 11) is 1.87. The van der Waals surface area contributed by atoms with E-state index in [4.69, 9.17) is 16.6 Å². The number of rotatable bonds is 6. The second-order valence-electron chi connectivity index (χ2n) is 8.72. The van der Waals surface area contributed by atoms with Crippen molar-refractivity contribution in [2.45, 2.75) is 38.3 Å². The predicted octanol–water partition coefficient (Wildman–Crippen LogP) is 3.95. The van der Waals surface area contributed by atoms with E-state index in [9.17, 15) is 9.18 Å². The van der Waals surface area contributed by atoms with Crippen molar-refractivity contribution in [1.29, 1.82) is 0 Å². The molecule has 1 unspecified atom stereocenters. The first-order chi connectivity index (χ1) is 15.5. The topological polar surface area (TPSA) is 52.0 Å². The molecule has 2 fully saturated rings. The van der Waals surface area contributed by atoms with Crippen LogP contribution in [0.15, 0.2) is 47.1 Å². The Hall–Kier alpha value is -2.45. The third-order valence-electron chi connectivity index (χ3n) is 6.54. The van der Waals surface area contributed by atoms with Crippen LogP contribution >= 0.6 is 12.2 Å². The number of nitrogens with one attached hydrogen (secondary N) is 1. The summed E-state index contributed by atoms with van der Waals surface area (Å²) in [6, 6.07) is 9.85. The molecule has 4 rings (SSSR count). The highest BCUT2D eigenvalue weighted by atomic mass is 32.1. The summed E-state index contributed by atoms with van der Waals surface area (Å²) in [6.07, 6.45) is 6.25. The van der Waals surface area contributed by atoms with E-state index in [2.05, 4.69) is 15.1 Å². The molecule has 1 amide bonds. The zero-order valence-electron chi connectivity index (χ0n) is 18.5. The van der Waals surface area contributed by atoms with Crippen molar-refractivity contribution >= 4 is 28.9 Å². The molecular formula is C24H31FN4O2S. The number of anilines is 1. The molecule has 8 heteroatoms. The van der Waals surface area contributed by atoms with Gasteiger partial charge in [-0.25, -0.2) is 4.39 Å². The first-order valence-corrected chi connectivity index (χ1v) is 11.7. The Labute approximate surface area is 194 Å². The molecule has 172 valence electrons. The maximum absolute atomic E-state index is 13.5. The second kappa shape index (κ2) is 10.4. The van der Waals surface area contributed by atoms with E-state index in [1.165, 1.54) is 25.0 Å². The lowest BCUT2D eigenvalue weighted by Crippen LogP contribution is -2.58. The average molecular weight is 459 g/mol. The normalized spacial score (nSPS) is 18.5. The molecule has 6 nitrogen and oxygen atoms in total. The van der Waals surface area contributed by atoms with E-state index in [1.807, 2.05) is 19.2 Å². The lowest BCUT2D eigenvalue weighted by atomic mass is 9.94. The Morgan fingerprint density at radius 2 is 1.88 bits per heavy atom. The molecule has 0 bridgehead atoms. The number of benzene rings is 1. The van der Waals surface area contributed by atoms with Gasteiger partial charge in [-0.05, 0) is 67.4 Å². The number of nitrogens with zero attached hydrogens (tertiary/aromatic N) is 3. The van der Waals surface area contributed by atoms with E-state index in [0.29, 0.717) is 17.6 Å². The van der Waals surface area contributed by atoms with Crippen LogP contribution in [0.4, 0.5) is 10.1 Å². The molecule has 0 spiro atoms. The first-order valence-electron chi connectivity index (χ1n) is 11.3. The largest absolute Gasteiger partial charge is 0.467 e. The minimum atomic E-state index is -0.269. The quantitative estimate of drug-likeness (QED) is 0.662. The molecule has 1 saturated carbocycles. The molecule has 1 aliphatic carbocycles. The van der Waals surface area contributed by atoms with Gasteiger partial charge < -0.3 is 19.5 Å². The minimum Gasteiger partial charge on any atom is -0.467 e. The number of carbonyl (C=O) groups is 1. The number of hydrogen-bond donors (Lipinski definition) is 1. The molecule has 32 heavy (non-hydrogen) atoms. The van der Waals surface area contributed by atoms with E-state index >= 15 is 0 Å². The summed E-state index contributed by atoms with van der Waals surface area (Å²) in [5, 5.41) is 3.82. The standard InChI is InChI=1S/C24H31FN4O2S/c1-27(17-21-7-4-16-31-21)23(30)22(18-5-2-3-6-18)28-12-14-29(15-13-28)24(32)26-20-10-8-19(25)9-11-20/h4,7-11,16,18,22H,2-3,5-6,12-15,17H2,1H3,(H,26,32). The Morgan fingerprint density at radius 1 is 1.19 bits per heavy atom. The fourth-order valence-electron chi connectivity index (χ4n) is 4.81. The Balaban J connectivity index is 1.37. The maximum atomic E-state index is 13.5. The van der Waals surface area contributed by atoms with Crippen LogP contribution in [0.2, 0.25) is 0 Å². The van der Waals surface area contributed by atoms with Gasteiger partial charge >= 0.3 is 0 Å². The van der Waals surface area contributed by atoms with Gasteiger partial charge in [0, 0.05) is 38.9 Å². The molecule has 1 aliphatic heterocycles. The smallest absolute Gasteiger partial charge is 0.240 e. The summed E-state index contributed by atoms with van der Waals surface area (Å²) >= 11 is 5.57. The van der Waals surface area contributed by atoms with Gasteiger partial charge in [0.15, 0.2) is 5.11 Å². The van der Waals surface area contributed by atoms with Gasteiger partial charge in [0.1, 0.15) is 11.6 Å². The third-order valence-corrected chi connectivity index (χ3v) is 6.90. The van der Waals surface area contributed by atoms with Crippen LogP contribution in [0, 0.1) is 11.7 Å². The third kappa shape index (κ3) is 5.48. The van der Waals surface area contributed by atoms with Gasteiger partial charge in [-0.2, -0.15) is 0 Å². The number of halogens is 1. The molecular weight excluding hydrogens is 427 g/mol. The fourth-order valence-corrected chi connectivity index (χ4v) is 5.11. The van der Waals surface area contributed by atoms with Gasteiger partial charge in [-0.15, -0.1) is 0 Å².